The van der Waals surface area contributed by atoms with Crippen molar-refractivity contribution in [1.82, 2.24) is 10.2 Å². The predicted molar refractivity (Wildman–Crippen MR) is 66.0 cm³/mol. The normalized spacial score (nSPS) is 10.7. The first-order valence-corrected chi connectivity index (χ1v) is 5.59. The summed E-state index contributed by atoms with van der Waals surface area (Å²) in [5.74, 6) is 0. The lowest BCUT2D eigenvalue weighted by Gasteiger charge is -2.04. The average Bonchev–Trinajstić information content (AvgIpc) is 2.70. The first-order valence-electron chi connectivity index (χ1n) is 5.59. The standard InChI is InChI=1S/C13H17N3/c1-3-10-4-6-11(7-5-10)13-9(2)15-16-12(13)8-14/h4-7H,3,8,14H2,1-2H3,(H,15,16). The molecule has 0 amide bonds. The van der Waals surface area contributed by atoms with E-state index in [-0.39, 0.29) is 0 Å². The summed E-state index contributed by atoms with van der Waals surface area (Å²) in [6.07, 6.45) is 1.06. The molecule has 0 atom stereocenters. The molecule has 0 aliphatic rings. The zero-order valence-corrected chi connectivity index (χ0v) is 9.75. The van der Waals surface area contributed by atoms with E-state index in [1.807, 2.05) is 6.92 Å². The van der Waals surface area contributed by atoms with Gasteiger partial charge in [0.2, 0.25) is 0 Å². The van der Waals surface area contributed by atoms with E-state index in [2.05, 4.69) is 41.4 Å². The van der Waals surface area contributed by atoms with Crippen molar-refractivity contribution in [2.24, 2.45) is 5.73 Å². The van der Waals surface area contributed by atoms with Crippen molar-refractivity contribution >= 4 is 0 Å². The molecule has 0 spiro atoms. The molecule has 0 fully saturated rings. The molecule has 0 radical (unpaired) electrons. The molecule has 0 saturated carbocycles. The summed E-state index contributed by atoms with van der Waals surface area (Å²) in [6, 6.07) is 8.58. The third kappa shape index (κ3) is 1.86. The molecule has 3 nitrogen and oxygen atoms in total. The van der Waals surface area contributed by atoms with Crippen LogP contribution in [0.3, 0.4) is 0 Å². The molecular formula is C13H17N3. The van der Waals surface area contributed by atoms with Crippen molar-refractivity contribution in [2.45, 2.75) is 26.8 Å². The van der Waals surface area contributed by atoms with Crippen LogP contribution in [0.4, 0.5) is 0 Å². The fourth-order valence-corrected chi connectivity index (χ4v) is 1.92. The quantitative estimate of drug-likeness (QED) is 0.826. The van der Waals surface area contributed by atoms with Crippen LogP contribution in [-0.2, 0) is 13.0 Å². The summed E-state index contributed by atoms with van der Waals surface area (Å²) in [5, 5.41) is 7.19. The third-order valence-corrected chi connectivity index (χ3v) is 2.87. The van der Waals surface area contributed by atoms with Crippen molar-refractivity contribution in [3.8, 4) is 11.1 Å². The zero-order chi connectivity index (χ0) is 11.5. The average molecular weight is 215 g/mol. The van der Waals surface area contributed by atoms with Gasteiger partial charge in [0.15, 0.2) is 0 Å². The highest BCUT2D eigenvalue weighted by Crippen LogP contribution is 2.25. The van der Waals surface area contributed by atoms with E-state index in [0.717, 1.165) is 23.4 Å². The van der Waals surface area contributed by atoms with Gasteiger partial charge in [-0.15, -0.1) is 0 Å². The van der Waals surface area contributed by atoms with Gasteiger partial charge < -0.3 is 5.73 Å². The fourth-order valence-electron chi connectivity index (χ4n) is 1.92. The highest BCUT2D eigenvalue weighted by molar-refractivity contribution is 5.68. The molecule has 0 bridgehead atoms. The van der Waals surface area contributed by atoms with Crippen LogP contribution in [-0.4, -0.2) is 10.2 Å². The molecular weight excluding hydrogens is 198 g/mol. The lowest BCUT2D eigenvalue weighted by atomic mass is 10.0. The molecule has 3 heteroatoms. The van der Waals surface area contributed by atoms with Crippen molar-refractivity contribution in [2.75, 3.05) is 0 Å². The third-order valence-electron chi connectivity index (χ3n) is 2.87. The number of rotatable bonds is 3. The summed E-state index contributed by atoms with van der Waals surface area (Å²) in [5.41, 5.74) is 11.4. The summed E-state index contributed by atoms with van der Waals surface area (Å²) in [7, 11) is 0. The largest absolute Gasteiger partial charge is 0.325 e. The number of hydrogen-bond donors (Lipinski definition) is 2. The van der Waals surface area contributed by atoms with E-state index < -0.39 is 0 Å². The molecule has 1 heterocycles. The summed E-state index contributed by atoms with van der Waals surface area (Å²) in [4.78, 5) is 0. The molecule has 0 aliphatic carbocycles. The van der Waals surface area contributed by atoms with Crippen molar-refractivity contribution in [1.29, 1.82) is 0 Å². The zero-order valence-electron chi connectivity index (χ0n) is 9.75. The highest BCUT2D eigenvalue weighted by Gasteiger charge is 2.10. The molecule has 1 aromatic heterocycles. The molecule has 3 N–H and O–H groups in total. The number of benzene rings is 1. The highest BCUT2D eigenvalue weighted by atomic mass is 15.1. The van der Waals surface area contributed by atoms with Crippen LogP contribution in [0.25, 0.3) is 11.1 Å². The minimum atomic E-state index is 0.467. The number of aromatic amines is 1. The van der Waals surface area contributed by atoms with Crippen molar-refractivity contribution in [3.05, 3.63) is 41.2 Å². The Bertz CT molecular complexity index is 468. The maximum Gasteiger partial charge on any atom is 0.0838 e. The molecule has 2 rings (SSSR count). The lowest BCUT2D eigenvalue weighted by molar-refractivity contribution is 0.940. The van der Waals surface area contributed by atoms with Crippen LogP contribution < -0.4 is 5.73 Å². The van der Waals surface area contributed by atoms with E-state index in [0.29, 0.717) is 6.54 Å². The van der Waals surface area contributed by atoms with Crippen molar-refractivity contribution in [3.63, 3.8) is 0 Å². The molecule has 1 aromatic carbocycles. The molecule has 0 unspecified atom stereocenters. The van der Waals surface area contributed by atoms with Gasteiger partial charge in [0.1, 0.15) is 0 Å². The van der Waals surface area contributed by atoms with Gasteiger partial charge >= 0.3 is 0 Å². The first kappa shape index (κ1) is 10.9. The Labute approximate surface area is 95.7 Å². The Hall–Kier alpha value is -1.61. The van der Waals surface area contributed by atoms with Crippen molar-refractivity contribution < 1.29 is 0 Å². The molecule has 2 aromatic rings. The van der Waals surface area contributed by atoms with Crippen LogP contribution in [0.15, 0.2) is 24.3 Å². The molecule has 0 saturated heterocycles. The number of nitrogens with one attached hydrogen (secondary N) is 1. The summed E-state index contributed by atoms with van der Waals surface area (Å²) >= 11 is 0. The maximum absolute atomic E-state index is 5.67. The van der Waals surface area contributed by atoms with Crippen LogP contribution in [0, 0.1) is 6.92 Å². The van der Waals surface area contributed by atoms with E-state index in [1.54, 1.807) is 0 Å². The Morgan fingerprint density at radius 2 is 1.94 bits per heavy atom. The van der Waals surface area contributed by atoms with E-state index in [1.165, 1.54) is 11.1 Å². The molecule has 0 aliphatic heterocycles. The van der Waals surface area contributed by atoms with Gasteiger partial charge in [-0.25, -0.2) is 0 Å². The van der Waals surface area contributed by atoms with Gasteiger partial charge in [0.25, 0.3) is 0 Å². The molecule has 84 valence electrons. The number of hydrogen-bond acceptors (Lipinski definition) is 2. The number of nitrogens with zero attached hydrogens (tertiary/aromatic N) is 1. The minimum Gasteiger partial charge on any atom is -0.325 e. The Morgan fingerprint density at radius 3 is 2.50 bits per heavy atom. The van der Waals surface area contributed by atoms with E-state index >= 15 is 0 Å². The number of aryl methyl sites for hydroxylation is 2. The molecule has 16 heavy (non-hydrogen) atoms. The van der Waals surface area contributed by atoms with E-state index in [9.17, 15) is 0 Å². The fraction of sp³-hybridized carbons (Fsp3) is 0.308. The van der Waals surface area contributed by atoms with Gasteiger partial charge in [-0.1, -0.05) is 31.2 Å². The number of nitrogens with two attached hydrogens (primary N) is 1. The van der Waals surface area contributed by atoms with Gasteiger partial charge in [0.05, 0.1) is 5.69 Å². The Kier molecular flexibility index (Phi) is 3.06. The second-order valence-electron chi connectivity index (χ2n) is 3.92. The Balaban J connectivity index is 2.45. The monoisotopic (exact) mass is 215 g/mol. The summed E-state index contributed by atoms with van der Waals surface area (Å²) in [6.45, 7) is 4.65. The summed E-state index contributed by atoms with van der Waals surface area (Å²) < 4.78 is 0. The second-order valence-corrected chi connectivity index (χ2v) is 3.92. The van der Waals surface area contributed by atoms with Crippen LogP contribution in [0.2, 0.25) is 0 Å². The van der Waals surface area contributed by atoms with Crippen LogP contribution in [0.1, 0.15) is 23.9 Å². The number of aromatic nitrogens is 2. The Morgan fingerprint density at radius 1 is 1.25 bits per heavy atom. The SMILES string of the molecule is CCc1ccc(-c2c(CN)n[nH]c2C)cc1. The first-order chi connectivity index (χ1) is 7.76. The van der Waals surface area contributed by atoms with Gasteiger partial charge in [-0.3, -0.25) is 5.10 Å². The van der Waals surface area contributed by atoms with Gasteiger partial charge in [0, 0.05) is 17.8 Å². The van der Waals surface area contributed by atoms with E-state index in [4.69, 9.17) is 5.73 Å². The second kappa shape index (κ2) is 4.49. The minimum absolute atomic E-state index is 0.467. The topological polar surface area (TPSA) is 54.7 Å². The van der Waals surface area contributed by atoms with Gasteiger partial charge in [-0.05, 0) is 24.5 Å². The number of H-pyrrole nitrogens is 1. The lowest BCUT2D eigenvalue weighted by Crippen LogP contribution is -1.98. The van der Waals surface area contributed by atoms with Gasteiger partial charge in [-0.2, -0.15) is 5.10 Å². The van der Waals surface area contributed by atoms with Crippen LogP contribution in [0.5, 0.6) is 0 Å². The van der Waals surface area contributed by atoms with Crippen LogP contribution >= 0.6 is 0 Å². The predicted octanol–water partition coefficient (Wildman–Crippen LogP) is 2.41. The maximum atomic E-state index is 5.67. The smallest absolute Gasteiger partial charge is 0.0838 e.